The largest absolute Gasteiger partial charge is 0.466 e. The Morgan fingerprint density at radius 2 is 1.23 bits per heavy atom. The normalized spacial score (nSPS) is 12.5. The van der Waals surface area contributed by atoms with Crippen LogP contribution in [-0.4, -0.2) is 14.7 Å². The molecule has 0 aliphatic heterocycles. The minimum atomic E-state index is -0.934. The summed E-state index contributed by atoms with van der Waals surface area (Å²) < 4.78 is 7.48. The van der Waals surface area contributed by atoms with Crippen molar-refractivity contribution in [1.29, 1.82) is 0 Å². The Morgan fingerprint density at radius 3 is 1.68 bits per heavy atom. The van der Waals surface area contributed by atoms with Crippen LogP contribution in [0.2, 0.25) is 0 Å². The van der Waals surface area contributed by atoms with Crippen molar-refractivity contribution in [2.24, 2.45) is 0 Å². The van der Waals surface area contributed by atoms with Crippen LogP contribution < -0.4 is 0 Å². The molecule has 2 aromatic heterocycles. The number of aromatic nitrogens is 2. The zero-order chi connectivity index (χ0) is 21.1. The summed E-state index contributed by atoms with van der Waals surface area (Å²) in [6, 6.07) is 34.6. The zero-order valence-electron chi connectivity index (χ0n) is 16.9. The van der Waals surface area contributed by atoms with Crippen LogP contribution in [0.5, 0.6) is 0 Å². The van der Waals surface area contributed by atoms with Crippen molar-refractivity contribution in [3.05, 3.63) is 150 Å². The molecule has 3 aromatic carbocycles. The molecule has 0 unspecified atom stereocenters. The van der Waals surface area contributed by atoms with E-state index in [0.717, 1.165) is 16.7 Å². The molecule has 1 N–H and O–H groups in total. The highest BCUT2D eigenvalue weighted by Gasteiger charge is 2.38. The van der Waals surface area contributed by atoms with Crippen LogP contribution in [0.4, 0.5) is 0 Å². The van der Waals surface area contributed by atoms with E-state index in [-0.39, 0.29) is 0 Å². The second-order valence-corrected chi connectivity index (χ2v) is 7.43. The summed E-state index contributed by atoms with van der Waals surface area (Å²) in [6.45, 7) is 0. The number of aliphatic hydroxyl groups is 1. The molecular formula is C27H22N2O2. The predicted octanol–water partition coefficient (Wildman–Crippen LogP) is 5.40. The number of imidazole rings is 1. The third kappa shape index (κ3) is 3.27. The molecule has 5 rings (SSSR count). The van der Waals surface area contributed by atoms with E-state index in [1.165, 1.54) is 0 Å². The number of aliphatic hydroxyl groups excluding tert-OH is 1. The molecule has 2 heterocycles. The third-order valence-corrected chi connectivity index (χ3v) is 5.66. The Kier molecular flexibility index (Phi) is 4.98. The first-order chi connectivity index (χ1) is 15.3. The lowest BCUT2D eigenvalue weighted by molar-refractivity contribution is 0.185. The molecule has 0 aliphatic carbocycles. The van der Waals surface area contributed by atoms with Crippen LogP contribution in [0.3, 0.4) is 0 Å². The molecule has 5 aromatic rings. The number of hydrogen-bond donors (Lipinski definition) is 1. The molecule has 1 atom stereocenters. The number of benzene rings is 3. The molecule has 0 saturated carbocycles. The molecule has 4 nitrogen and oxygen atoms in total. The summed E-state index contributed by atoms with van der Waals surface area (Å²) in [5.74, 6) is 0.468. The van der Waals surface area contributed by atoms with Gasteiger partial charge in [0.15, 0.2) is 6.10 Å². The molecule has 0 saturated heterocycles. The van der Waals surface area contributed by atoms with Crippen molar-refractivity contribution >= 4 is 0 Å². The number of rotatable bonds is 6. The van der Waals surface area contributed by atoms with Gasteiger partial charge in [-0.3, -0.25) is 0 Å². The fourth-order valence-electron chi connectivity index (χ4n) is 4.24. The Bertz CT molecular complexity index is 1130. The van der Waals surface area contributed by atoms with Crippen LogP contribution in [0.1, 0.15) is 34.2 Å². The Labute approximate surface area is 181 Å². The van der Waals surface area contributed by atoms with Crippen molar-refractivity contribution in [1.82, 2.24) is 9.55 Å². The summed E-state index contributed by atoms with van der Waals surface area (Å²) in [6.07, 6.45) is 4.31. The quantitative estimate of drug-likeness (QED) is 0.384. The molecule has 4 heteroatoms. The van der Waals surface area contributed by atoms with Crippen LogP contribution in [-0.2, 0) is 5.54 Å². The molecule has 31 heavy (non-hydrogen) atoms. The number of nitrogens with zero attached hydrogens (tertiary/aromatic N) is 2. The van der Waals surface area contributed by atoms with Crippen molar-refractivity contribution in [3.8, 4) is 0 Å². The first-order valence-corrected chi connectivity index (χ1v) is 10.2. The smallest absolute Gasteiger partial charge is 0.155 e. The molecule has 152 valence electrons. The van der Waals surface area contributed by atoms with Gasteiger partial charge in [0, 0.05) is 6.20 Å². The van der Waals surface area contributed by atoms with Crippen LogP contribution in [0.15, 0.2) is 126 Å². The van der Waals surface area contributed by atoms with Gasteiger partial charge in [-0.05, 0) is 28.8 Å². The van der Waals surface area contributed by atoms with E-state index in [4.69, 9.17) is 4.42 Å². The highest BCUT2D eigenvalue weighted by atomic mass is 16.4. The van der Waals surface area contributed by atoms with Gasteiger partial charge in [-0.15, -0.1) is 0 Å². The third-order valence-electron chi connectivity index (χ3n) is 5.66. The average Bonchev–Trinajstić information content (AvgIpc) is 3.55. The summed E-state index contributed by atoms with van der Waals surface area (Å²) >= 11 is 0. The van der Waals surface area contributed by atoms with Gasteiger partial charge < -0.3 is 14.1 Å². The average molecular weight is 406 g/mol. The van der Waals surface area contributed by atoms with E-state index in [1.54, 1.807) is 24.7 Å². The van der Waals surface area contributed by atoms with Gasteiger partial charge in [-0.1, -0.05) is 91.0 Å². The monoisotopic (exact) mass is 406 g/mol. The van der Waals surface area contributed by atoms with Gasteiger partial charge >= 0.3 is 0 Å². The van der Waals surface area contributed by atoms with E-state index < -0.39 is 11.6 Å². The van der Waals surface area contributed by atoms with Crippen molar-refractivity contribution in [2.75, 3.05) is 0 Å². The molecule has 0 spiro atoms. The summed E-state index contributed by atoms with van der Waals surface area (Å²) in [5.41, 5.74) is 3.18. The lowest BCUT2D eigenvalue weighted by Gasteiger charge is -2.37. The van der Waals surface area contributed by atoms with Crippen LogP contribution in [0, 0.1) is 0 Å². The first kappa shape index (κ1) is 19.1. The minimum absolute atomic E-state index is 0.468. The Hall–Kier alpha value is -3.89. The number of hydrogen-bond acceptors (Lipinski definition) is 3. The lowest BCUT2D eigenvalue weighted by atomic mass is 9.77. The maximum Gasteiger partial charge on any atom is 0.155 e. The van der Waals surface area contributed by atoms with Crippen LogP contribution >= 0.6 is 0 Å². The van der Waals surface area contributed by atoms with Crippen LogP contribution in [0.25, 0.3) is 0 Å². The maximum absolute atomic E-state index is 10.8. The lowest BCUT2D eigenvalue weighted by Crippen LogP contribution is -2.37. The Balaban J connectivity index is 1.77. The Morgan fingerprint density at radius 1 is 0.710 bits per heavy atom. The first-order valence-electron chi connectivity index (χ1n) is 10.2. The van der Waals surface area contributed by atoms with E-state index in [0.29, 0.717) is 11.5 Å². The van der Waals surface area contributed by atoms with Crippen molar-refractivity contribution in [3.63, 3.8) is 0 Å². The summed E-state index contributed by atoms with van der Waals surface area (Å²) in [5, 5.41) is 10.8. The van der Waals surface area contributed by atoms with E-state index >= 15 is 0 Å². The molecule has 0 radical (unpaired) electrons. The molecule has 0 amide bonds. The van der Waals surface area contributed by atoms with E-state index in [2.05, 4.69) is 45.9 Å². The highest BCUT2D eigenvalue weighted by Crippen LogP contribution is 2.41. The van der Waals surface area contributed by atoms with Crippen molar-refractivity contribution < 1.29 is 9.52 Å². The second kappa shape index (κ2) is 8.09. The molecule has 0 fully saturated rings. The van der Waals surface area contributed by atoms with Gasteiger partial charge in [-0.25, -0.2) is 4.98 Å². The SMILES string of the molecule is O[C@@H](c1cn(C(c2ccccc2)(c2ccccc2)c2ccccc2)cn1)c1ccco1. The highest BCUT2D eigenvalue weighted by molar-refractivity contribution is 5.50. The summed E-state index contributed by atoms with van der Waals surface area (Å²) in [4.78, 5) is 4.57. The van der Waals surface area contributed by atoms with Crippen molar-refractivity contribution in [2.45, 2.75) is 11.6 Å². The molecule has 0 bridgehead atoms. The van der Waals surface area contributed by atoms with Gasteiger partial charge in [0.1, 0.15) is 11.3 Å². The van der Waals surface area contributed by atoms with Gasteiger partial charge in [0.25, 0.3) is 0 Å². The minimum Gasteiger partial charge on any atom is -0.466 e. The topological polar surface area (TPSA) is 51.2 Å². The van der Waals surface area contributed by atoms with Gasteiger partial charge in [0.2, 0.25) is 0 Å². The van der Waals surface area contributed by atoms with Gasteiger partial charge in [-0.2, -0.15) is 0 Å². The summed E-state index contributed by atoms with van der Waals surface area (Å²) in [7, 11) is 0. The molecule has 0 aliphatic rings. The standard InChI is InChI=1S/C27H22N2O2/c30-26(25-17-10-18-31-25)24-19-29(20-28-24)27(21-11-4-1-5-12-21,22-13-6-2-7-14-22)23-15-8-3-9-16-23/h1-20,26,30H/t26-/m0/s1. The molecular weight excluding hydrogens is 384 g/mol. The fourth-order valence-corrected chi connectivity index (χ4v) is 4.24. The second-order valence-electron chi connectivity index (χ2n) is 7.43. The predicted molar refractivity (Wildman–Crippen MR) is 120 cm³/mol. The van der Waals surface area contributed by atoms with E-state index in [9.17, 15) is 5.11 Å². The van der Waals surface area contributed by atoms with E-state index in [1.807, 2.05) is 60.8 Å². The maximum atomic E-state index is 10.8. The zero-order valence-corrected chi connectivity index (χ0v) is 16.9. The van der Waals surface area contributed by atoms with Gasteiger partial charge in [0.05, 0.1) is 18.3 Å². The number of furan rings is 1. The fraction of sp³-hybridized carbons (Fsp3) is 0.0741.